The molecule has 0 unspecified atom stereocenters. The van der Waals surface area contributed by atoms with Crippen molar-refractivity contribution in [2.45, 2.75) is 18.5 Å². The van der Waals surface area contributed by atoms with Crippen molar-refractivity contribution in [2.75, 3.05) is 25.5 Å². The Bertz CT molecular complexity index is 490. The van der Waals surface area contributed by atoms with Gasteiger partial charge in [0.1, 0.15) is 0 Å². The molecule has 0 spiro atoms. The summed E-state index contributed by atoms with van der Waals surface area (Å²) >= 11 is 5.83. The van der Waals surface area contributed by atoms with E-state index < -0.39 is 11.8 Å². The van der Waals surface area contributed by atoms with Crippen molar-refractivity contribution < 1.29 is 14.3 Å². The SMILES string of the molecule is CN1CCC(F)(c2cc(NC(=O)O)c(Cl)cn2)CC1. The lowest BCUT2D eigenvalue weighted by molar-refractivity contribution is 0.0634. The van der Waals surface area contributed by atoms with Crippen LogP contribution in [-0.4, -0.2) is 41.2 Å². The van der Waals surface area contributed by atoms with Gasteiger partial charge < -0.3 is 10.0 Å². The van der Waals surface area contributed by atoms with Crippen molar-refractivity contribution in [2.24, 2.45) is 0 Å². The van der Waals surface area contributed by atoms with Gasteiger partial charge in [0.25, 0.3) is 0 Å². The lowest BCUT2D eigenvalue weighted by Crippen LogP contribution is -2.38. The zero-order valence-corrected chi connectivity index (χ0v) is 11.2. The molecular formula is C12H15ClFN3O2. The van der Waals surface area contributed by atoms with Crippen LogP contribution in [0.4, 0.5) is 14.9 Å². The van der Waals surface area contributed by atoms with Gasteiger partial charge in [0.15, 0.2) is 5.67 Å². The number of nitrogens with zero attached hydrogens (tertiary/aromatic N) is 2. The first kappa shape index (κ1) is 14.0. The zero-order chi connectivity index (χ0) is 14.0. The summed E-state index contributed by atoms with van der Waals surface area (Å²) in [5.41, 5.74) is -1.13. The van der Waals surface area contributed by atoms with Crippen LogP contribution in [0.15, 0.2) is 12.3 Å². The Morgan fingerprint density at radius 2 is 2.21 bits per heavy atom. The molecule has 0 radical (unpaired) electrons. The van der Waals surface area contributed by atoms with Crippen LogP contribution in [0.2, 0.25) is 5.02 Å². The van der Waals surface area contributed by atoms with E-state index in [1.165, 1.54) is 12.3 Å². The molecule has 19 heavy (non-hydrogen) atoms. The van der Waals surface area contributed by atoms with Crippen LogP contribution in [0.1, 0.15) is 18.5 Å². The molecule has 1 fully saturated rings. The molecule has 0 atom stereocenters. The van der Waals surface area contributed by atoms with Gasteiger partial charge in [0.2, 0.25) is 0 Å². The second kappa shape index (κ2) is 5.30. The molecule has 0 aromatic carbocycles. The highest BCUT2D eigenvalue weighted by molar-refractivity contribution is 6.33. The molecule has 7 heteroatoms. The Labute approximate surface area is 115 Å². The van der Waals surface area contributed by atoms with E-state index in [0.29, 0.717) is 25.9 Å². The average molecular weight is 288 g/mol. The number of nitrogens with one attached hydrogen (secondary N) is 1. The number of hydrogen-bond acceptors (Lipinski definition) is 3. The van der Waals surface area contributed by atoms with Crippen LogP contribution in [-0.2, 0) is 5.67 Å². The summed E-state index contributed by atoms with van der Waals surface area (Å²) in [6, 6.07) is 1.38. The number of halogens is 2. The fraction of sp³-hybridized carbons (Fsp3) is 0.500. The summed E-state index contributed by atoms with van der Waals surface area (Å²) < 4.78 is 14.8. The Morgan fingerprint density at radius 3 is 2.79 bits per heavy atom. The van der Waals surface area contributed by atoms with Crippen LogP contribution in [0.3, 0.4) is 0 Å². The number of pyridine rings is 1. The summed E-state index contributed by atoms with van der Waals surface area (Å²) in [7, 11) is 1.94. The Morgan fingerprint density at radius 1 is 1.58 bits per heavy atom. The van der Waals surface area contributed by atoms with E-state index >= 15 is 0 Å². The van der Waals surface area contributed by atoms with Crippen molar-refractivity contribution in [1.29, 1.82) is 0 Å². The highest BCUT2D eigenvalue weighted by atomic mass is 35.5. The van der Waals surface area contributed by atoms with E-state index in [9.17, 15) is 9.18 Å². The molecule has 0 saturated carbocycles. The minimum atomic E-state index is -1.52. The fourth-order valence-corrected chi connectivity index (χ4v) is 2.27. The predicted octanol–water partition coefficient (Wildman–Crippen LogP) is 2.72. The van der Waals surface area contributed by atoms with Crippen LogP contribution < -0.4 is 5.32 Å². The number of aromatic nitrogens is 1. The number of carbonyl (C=O) groups is 1. The first-order valence-corrected chi connectivity index (χ1v) is 6.32. The highest BCUT2D eigenvalue weighted by Gasteiger charge is 2.37. The van der Waals surface area contributed by atoms with E-state index in [2.05, 4.69) is 10.3 Å². The topological polar surface area (TPSA) is 65.5 Å². The maximum Gasteiger partial charge on any atom is 0.409 e. The van der Waals surface area contributed by atoms with Gasteiger partial charge in [-0.1, -0.05) is 11.6 Å². The zero-order valence-electron chi connectivity index (χ0n) is 10.5. The first-order chi connectivity index (χ1) is 8.90. The second-order valence-electron chi connectivity index (χ2n) is 4.75. The first-order valence-electron chi connectivity index (χ1n) is 5.94. The molecule has 1 aliphatic heterocycles. The summed E-state index contributed by atoms with van der Waals surface area (Å²) in [6.07, 6.45) is 0.715. The third kappa shape index (κ3) is 3.13. The van der Waals surface area contributed by atoms with Crippen molar-refractivity contribution in [3.8, 4) is 0 Å². The summed E-state index contributed by atoms with van der Waals surface area (Å²) in [5.74, 6) is 0. The minimum Gasteiger partial charge on any atom is -0.465 e. The molecule has 0 aliphatic carbocycles. The normalized spacial score (nSPS) is 19.1. The standard InChI is InChI=1S/C12H15ClFN3O2/c1-17-4-2-12(14,3-5-17)10-6-9(16-11(18)19)8(13)7-15-10/h6-7H,2-5H2,1H3,(H,15,16)(H,18,19). The Kier molecular flexibility index (Phi) is 3.91. The van der Waals surface area contributed by atoms with Crippen LogP contribution in [0, 0.1) is 0 Å². The van der Waals surface area contributed by atoms with Crippen LogP contribution in [0.5, 0.6) is 0 Å². The second-order valence-corrected chi connectivity index (χ2v) is 5.16. The molecular weight excluding hydrogens is 273 g/mol. The monoisotopic (exact) mass is 287 g/mol. The van der Waals surface area contributed by atoms with Gasteiger partial charge in [-0.3, -0.25) is 10.3 Å². The Balaban J connectivity index is 2.27. The summed E-state index contributed by atoms with van der Waals surface area (Å²) in [4.78, 5) is 16.7. The molecule has 2 N–H and O–H groups in total. The van der Waals surface area contributed by atoms with Gasteiger partial charge in [-0.25, -0.2) is 9.18 Å². The van der Waals surface area contributed by atoms with E-state index in [-0.39, 0.29) is 16.4 Å². The third-order valence-corrected chi connectivity index (χ3v) is 3.64. The van der Waals surface area contributed by atoms with Gasteiger partial charge in [0.05, 0.1) is 16.4 Å². The van der Waals surface area contributed by atoms with Gasteiger partial charge in [-0.15, -0.1) is 0 Å². The number of anilines is 1. The molecule has 0 bridgehead atoms. The lowest BCUT2D eigenvalue weighted by Gasteiger charge is -2.34. The smallest absolute Gasteiger partial charge is 0.409 e. The molecule has 1 aromatic rings. The molecule has 2 heterocycles. The molecule has 1 aliphatic rings. The van der Waals surface area contributed by atoms with Crippen LogP contribution >= 0.6 is 11.6 Å². The minimum absolute atomic E-state index is 0.155. The van der Waals surface area contributed by atoms with E-state index in [1.54, 1.807) is 0 Å². The third-order valence-electron chi connectivity index (χ3n) is 3.34. The highest BCUT2D eigenvalue weighted by Crippen LogP contribution is 2.37. The number of alkyl halides is 1. The summed E-state index contributed by atoms with van der Waals surface area (Å²) in [5, 5.41) is 11.0. The maximum absolute atomic E-state index is 14.8. The molecule has 1 saturated heterocycles. The molecule has 1 aromatic heterocycles. The number of rotatable bonds is 2. The van der Waals surface area contributed by atoms with Gasteiger partial charge in [0, 0.05) is 19.3 Å². The number of amides is 1. The van der Waals surface area contributed by atoms with Crippen LogP contribution in [0.25, 0.3) is 0 Å². The largest absolute Gasteiger partial charge is 0.465 e. The average Bonchev–Trinajstić information content (AvgIpc) is 2.35. The number of piperidine rings is 1. The van der Waals surface area contributed by atoms with Gasteiger partial charge in [-0.05, 0) is 26.0 Å². The van der Waals surface area contributed by atoms with Crippen molar-refractivity contribution in [1.82, 2.24) is 9.88 Å². The van der Waals surface area contributed by atoms with Crippen molar-refractivity contribution in [3.63, 3.8) is 0 Å². The number of hydrogen-bond donors (Lipinski definition) is 2. The van der Waals surface area contributed by atoms with E-state index in [4.69, 9.17) is 16.7 Å². The Hall–Kier alpha value is -1.40. The molecule has 5 nitrogen and oxygen atoms in total. The molecule has 2 rings (SSSR count). The summed E-state index contributed by atoms with van der Waals surface area (Å²) in [6.45, 7) is 1.28. The molecule has 104 valence electrons. The fourth-order valence-electron chi connectivity index (χ4n) is 2.12. The van der Waals surface area contributed by atoms with E-state index in [1.807, 2.05) is 11.9 Å². The van der Waals surface area contributed by atoms with Gasteiger partial charge >= 0.3 is 6.09 Å². The van der Waals surface area contributed by atoms with Crippen molar-refractivity contribution in [3.05, 3.63) is 23.0 Å². The van der Waals surface area contributed by atoms with E-state index in [0.717, 1.165) is 0 Å². The lowest BCUT2D eigenvalue weighted by atomic mass is 9.89. The number of carboxylic acid groups (broad SMARTS) is 1. The number of likely N-dealkylation sites (tertiary alicyclic amines) is 1. The van der Waals surface area contributed by atoms with Gasteiger partial charge in [-0.2, -0.15) is 0 Å². The molecule has 1 amide bonds. The predicted molar refractivity (Wildman–Crippen MR) is 70.4 cm³/mol. The maximum atomic E-state index is 14.8. The quantitative estimate of drug-likeness (QED) is 0.878. The van der Waals surface area contributed by atoms with Crippen molar-refractivity contribution >= 4 is 23.4 Å².